The Kier molecular flexibility index (Phi) is 6.09. The first kappa shape index (κ1) is 16.6. The van der Waals surface area contributed by atoms with Crippen molar-refractivity contribution in [2.45, 2.75) is 38.3 Å². The molecule has 1 N–H and O–H groups in total. The molecule has 1 saturated heterocycles. The first-order valence-electron chi connectivity index (χ1n) is 6.62. The number of amides is 2. The predicted molar refractivity (Wildman–Crippen MR) is 65.3 cm³/mol. The van der Waals surface area contributed by atoms with Gasteiger partial charge in [0.2, 0.25) is 0 Å². The highest BCUT2D eigenvalue weighted by Gasteiger charge is 2.35. The number of carboxylic acids is 1. The molecule has 1 rings (SSSR count). The largest absolute Gasteiger partial charge is 0.480 e. The van der Waals surface area contributed by atoms with Gasteiger partial charge in [-0.25, -0.2) is 4.79 Å². The van der Waals surface area contributed by atoms with Crippen molar-refractivity contribution in [1.82, 2.24) is 9.80 Å². The number of carbonyl (C=O) groups excluding carboxylic acids is 1. The van der Waals surface area contributed by atoms with Gasteiger partial charge < -0.3 is 14.9 Å². The summed E-state index contributed by atoms with van der Waals surface area (Å²) in [7, 11) is 0. The molecule has 0 saturated carbocycles. The quantitative estimate of drug-likeness (QED) is 0.869. The zero-order valence-electron chi connectivity index (χ0n) is 11.2. The van der Waals surface area contributed by atoms with Gasteiger partial charge in [-0.15, -0.1) is 0 Å². The minimum atomic E-state index is -4.60. The average molecular weight is 296 g/mol. The van der Waals surface area contributed by atoms with Gasteiger partial charge in [-0.2, -0.15) is 13.2 Å². The Hall–Kier alpha value is -1.47. The minimum absolute atomic E-state index is 0.351. The van der Waals surface area contributed by atoms with E-state index in [9.17, 15) is 22.8 Å². The van der Waals surface area contributed by atoms with Crippen LogP contribution in [-0.4, -0.2) is 59.3 Å². The van der Waals surface area contributed by atoms with Crippen molar-refractivity contribution in [2.24, 2.45) is 0 Å². The van der Waals surface area contributed by atoms with E-state index in [-0.39, 0.29) is 0 Å². The second-order valence-corrected chi connectivity index (χ2v) is 4.90. The Morgan fingerprint density at radius 2 is 1.55 bits per heavy atom. The minimum Gasteiger partial charge on any atom is -0.480 e. The fourth-order valence-corrected chi connectivity index (χ4v) is 2.21. The summed E-state index contributed by atoms with van der Waals surface area (Å²) in [4.78, 5) is 24.4. The molecule has 0 aliphatic carbocycles. The van der Waals surface area contributed by atoms with E-state index < -0.39 is 31.3 Å². The molecule has 0 spiro atoms. The summed E-state index contributed by atoms with van der Waals surface area (Å²) in [6.07, 6.45) is -0.210. The van der Waals surface area contributed by atoms with Crippen molar-refractivity contribution in [1.29, 1.82) is 0 Å². The molecule has 0 atom stereocenters. The third kappa shape index (κ3) is 6.12. The van der Waals surface area contributed by atoms with Crippen molar-refractivity contribution in [3.63, 3.8) is 0 Å². The Labute approximate surface area is 115 Å². The molecule has 2 amide bonds. The highest BCUT2D eigenvalue weighted by atomic mass is 19.4. The maximum absolute atomic E-state index is 12.4. The Balaban J connectivity index is 2.71. The van der Waals surface area contributed by atoms with Crippen molar-refractivity contribution in [2.75, 3.05) is 26.2 Å². The molecule has 1 aliphatic heterocycles. The number of carboxylic acid groups (broad SMARTS) is 1. The number of hydrogen-bond acceptors (Lipinski definition) is 2. The van der Waals surface area contributed by atoms with E-state index in [2.05, 4.69) is 0 Å². The van der Waals surface area contributed by atoms with Gasteiger partial charge in [0.05, 0.1) is 0 Å². The molecule has 1 fully saturated rings. The van der Waals surface area contributed by atoms with Gasteiger partial charge in [0.25, 0.3) is 0 Å². The fraction of sp³-hybridized carbons (Fsp3) is 0.833. The van der Waals surface area contributed by atoms with E-state index in [4.69, 9.17) is 5.11 Å². The topological polar surface area (TPSA) is 60.9 Å². The number of carbonyl (C=O) groups is 2. The monoisotopic (exact) mass is 296 g/mol. The van der Waals surface area contributed by atoms with Crippen LogP contribution in [0.4, 0.5) is 18.0 Å². The average Bonchev–Trinajstić information content (AvgIpc) is 2.24. The van der Waals surface area contributed by atoms with Crippen molar-refractivity contribution in [3.8, 4) is 0 Å². The van der Waals surface area contributed by atoms with E-state index in [1.807, 2.05) is 0 Å². The second-order valence-electron chi connectivity index (χ2n) is 4.90. The summed E-state index contributed by atoms with van der Waals surface area (Å²) in [6.45, 7) is -1.71. The van der Waals surface area contributed by atoms with E-state index in [1.54, 1.807) is 0 Å². The van der Waals surface area contributed by atoms with Gasteiger partial charge in [-0.3, -0.25) is 4.79 Å². The normalized spacial score (nSPS) is 17.2. The molecule has 8 heteroatoms. The maximum Gasteiger partial charge on any atom is 0.406 e. The van der Waals surface area contributed by atoms with E-state index in [0.29, 0.717) is 18.0 Å². The summed E-state index contributed by atoms with van der Waals surface area (Å²) < 4.78 is 37.3. The van der Waals surface area contributed by atoms with Gasteiger partial charge in [-0.05, 0) is 12.8 Å². The second kappa shape index (κ2) is 7.35. The standard InChI is InChI=1S/C12H19F3N2O3/c13-12(14,15)9-17(8-10(18)19)11(20)16-6-4-2-1-3-5-7-16/h1-9H2,(H,18,19). The summed E-state index contributed by atoms with van der Waals surface area (Å²) in [5, 5.41) is 8.65. The molecular weight excluding hydrogens is 277 g/mol. The van der Waals surface area contributed by atoms with Gasteiger partial charge in [0.1, 0.15) is 13.1 Å². The molecule has 116 valence electrons. The van der Waals surface area contributed by atoms with Gasteiger partial charge in [0.15, 0.2) is 0 Å². The number of nitrogens with zero attached hydrogens (tertiary/aromatic N) is 2. The Bertz CT molecular complexity index is 339. The van der Waals surface area contributed by atoms with Crippen LogP contribution in [0.2, 0.25) is 0 Å². The Morgan fingerprint density at radius 1 is 1.05 bits per heavy atom. The molecule has 0 radical (unpaired) electrons. The lowest BCUT2D eigenvalue weighted by atomic mass is 10.1. The Morgan fingerprint density at radius 3 is 2.00 bits per heavy atom. The van der Waals surface area contributed by atoms with Crippen LogP contribution in [0.3, 0.4) is 0 Å². The SMILES string of the molecule is O=C(O)CN(CC(F)(F)F)C(=O)N1CCCCCCC1. The zero-order chi connectivity index (χ0) is 15.2. The molecule has 0 unspecified atom stereocenters. The first-order valence-corrected chi connectivity index (χ1v) is 6.62. The summed E-state index contributed by atoms with van der Waals surface area (Å²) >= 11 is 0. The maximum atomic E-state index is 12.4. The third-order valence-corrected chi connectivity index (χ3v) is 3.09. The predicted octanol–water partition coefficient (Wildman–Crippen LogP) is 2.32. The molecule has 1 heterocycles. The van der Waals surface area contributed by atoms with Crippen LogP contribution in [0, 0.1) is 0 Å². The van der Waals surface area contributed by atoms with E-state index >= 15 is 0 Å². The molecular formula is C12H19F3N2O3. The van der Waals surface area contributed by atoms with Crippen molar-refractivity contribution < 1.29 is 27.9 Å². The van der Waals surface area contributed by atoms with Gasteiger partial charge >= 0.3 is 18.2 Å². The summed E-state index contributed by atoms with van der Waals surface area (Å²) in [5.41, 5.74) is 0. The number of alkyl halides is 3. The lowest BCUT2D eigenvalue weighted by Gasteiger charge is -2.31. The summed E-state index contributed by atoms with van der Waals surface area (Å²) in [5.74, 6) is -1.45. The molecule has 5 nitrogen and oxygen atoms in total. The van der Waals surface area contributed by atoms with Crippen LogP contribution < -0.4 is 0 Å². The number of halogens is 3. The van der Waals surface area contributed by atoms with Crippen LogP contribution in [0.1, 0.15) is 32.1 Å². The highest BCUT2D eigenvalue weighted by Crippen LogP contribution is 2.18. The van der Waals surface area contributed by atoms with Crippen LogP contribution in [-0.2, 0) is 4.79 Å². The first-order chi connectivity index (χ1) is 9.29. The highest BCUT2D eigenvalue weighted by molar-refractivity contribution is 5.80. The molecule has 0 aromatic heterocycles. The van der Waals surface area contributed by atoms with Crippen LogP contribution in [0.5, 0.6) is 0 Å². The lowest BCUT2D eigenvalue weighted by molar-refractivity contribution is -0.149. The van der Waals surface area contributed by atoms with E-state index in [0.717, 1.165) is 32.1 Å². The molecule has 1 aliphatic rings. The zero-order valence-corrected chi connectivity index (χ0v) is 11.2. The molecule has 0 aromatic carbocycles. The number of aliphatic carboxylic acids is 1. The van der Waals surface area contributed by atoms with Crippen LogP contribution in [0.15, 0.2) is 0 Å². The number of likely N-dealkylation sites (tertiary alicyclic amines) is 1. The van der Waals surface area contributed by atoms with Crippen molar-refractivity contribution in [3.05, 3.63) is 0 Å². The van der Waals surface area contributed by atoms with Gasteiger partial charge in [0, 0.05) is 13.1 Å². The van der Waals surface area contributed by atoms with E-state index in [1.165, 1.54) is 4.90 Å². The van der Waals surface area contributed by atoms with Crippen LogP contribution in [0.25, 0.3) is 0 Å². The smallest absolute Gasteiger partial charge is 0.406 e. The van der Waals surface area contributed by atoms with Gasteiger partial charge in [-0.1, -0.05) is 19.3 Å². The third-order valence-electron chi connectivity index (χ3n) is 3.09. The molecule has 20 heavy (non-hydrogen) atoms. The lowest BCUT2D eigenvalue weighted by Crippen LogP contribution is -2.49. The summed E-state index contributed by atoms with van der Waals surface area (Å²) in [6, 6.07) is -0.841. The number of urea groups is 1. The van der Waals surface area contributed by atoms with Crippen molar-refractivity contribution >= 4 is 12.0 Å². The number of hydrogen-bond donors (Lipinski definition) is 1. The molecule has 0 aromatic rings. The van der Waals surface area contributed by atoms with Crippen LogP contribution >= 0.6 is 0 Å². The fourth-order valence-electron chi connectivity index (χ4n) is 2.21. The molecule has 0 bridgehead atoms. The number of rotatable bonds is 3.